The Morgan fingerprint density at radius 2 is 2.00 bits per heavy atom. The van der Waals surface area contributed by atoms with Crippen LogP contribution in [0.2, 0.25) is 0 Å². The molecule has 0 N–H and O–H groups in total. The molecule has 1 rings (SSSR count). The molecule has 0 radical (unpaired) electrons. The maximum atomic E-state index is 12.0. The van der Waals surface area contributed by atoms with Crippen LogP contribution >= 0.6 is 0 Å². The highest BCUT2D eigenvalue weighted by Crippen LogP contribution is 2.24. The highest BCUT2D eigenvalue weighted by molar-refractivity contribution is 6.10. The van der Waals surface area contributed by atoms with E-state index in [2.05, 4.69) is 25.8 Å². The lowest BCUT2D eigenvalue weighted by Gasteiger charge is -2.10. The number of methoxy groups -OCH3 is 1. The summed E-state index contributed by atoms with van der Waals surface area (Å²) in [5.41, 5.74) is 1.63. The fourth-order valence-corrected chi connectivity index (χ4v) is 1.49. The summed E-state index contributed by atoms with van der Waals surface area (Å²) in [6.07, 6.45) is 0. The molecular weight excluding hydrogens is 226 g/mol. The predicted molar refractivity (Wildman–Crippen MR) is 72.9 cm³/mol. The van der Waals surface area contributed by atoms with Gasteiger partial charge in [-0.15, -0.1) is 0 Å². The van der Waals surface area contributed by atoms with Gasteiger partial charge in [0.15, 0.2) is 0 Å². The van der Waals surface area contributed by atoms with Gasteiger partial charge in [0.2, 0.25) is 5.78 Å². The minimum absolute atomic E-state index is 0.219. The molecule has 0 unspecified atom stereocenters. The SMILES string of the molecule is COc1ccc(C(C)C)cc1C(=O)C#CN(C)C. The molecule has 3 heteroatoms. The van der Waals surface area contributed by atoms with Crippen LogP contribution in [0.4, 0.5) is 0 Å². The predicted octanol–water partition coefficient (Wildman–Crippen LogP) is 2.52. The molecule has 0 aliphatic rings. The Kier molecular flexibility index (Phi) is 4.79. The van der Waals surface area contributed by atoms with Gasteiger partial charge in [0.1, 0.15) is 5.75 Å². The fraction of sp³-hybridized carbons (Fsp3) is 0.400. The van der Waals surface area contributed by atoms with E-state index in [4.69, 9.17) is 4.74 Å². The lowest BCUT2D eigenvalue weighted by molar-refractivity contribution is 0.105. The van der Waals surface area contributed by atoms with Crippen molar-refractivity contribution in [1.82, 2.24) is 4.90 Å². The first-order valence-corrected chi connectivity index (χ1v) is 5.87. The van der Waals surface area contributed by atoms with Gasteiger partial charge in [0.05, 0.1) is 12.7 Å². The van der Waals surface area contributed by atoms with Crippen LogP contribution < -0.4 is 4.74 Å². The Hall–Kier alpha value is -1.95. The van der Waals surface area contributed by atoms with Crippen LogP contribution in [-0.2, 0) is 0 Å². The zero-order valence-electron chi connectivity index (χ0n) is 11.6. The fourth-order valence-electron chi connectivity index (χ4n) is 1.49. The molecular formula is C15H19NO2. The van der Waals surface area contributed by atoms with Crippen LogP contribution in [0.25, 0.3) is 0 Å². The second kappa shape index (κ2) is 6.11. The van der Waals surface area contributed by atoms with E-state index in [1.165, 1.54) is 0 Å². The van der Waals surface area contributed by atoms with E-state index in [1.807, 2.05) is 18.2 Å². The van der Waals surface area contributed by atoms with E-state index < -0.39 is 0 Å². The second-order valence-corrected chi connectivity index (χ2v) is 4.57. The number of hydrogen-bond donors (Lipinski definition) is 0. The maximum Gasteiger partial charge on any atom is 0.241 e. The minimum atomic E-state index is -0.219. The zero-order chi connectivity index (χ0) is 13.7. The molecule has 0 amide bonds. The van der Waals surface area contributed by atoms with E-state index >= 15 is 0 Å². The average molecular weight is 245 g/mol. The van der Waals surface area contributed by atoms with Crippen LogP contribution in [0.3, 0.4) is 0 Å². The van der Waals surface area contributed by atoms with Crippen molar-refractivity contribution in [2.24, 2.45) is 0 Å². The van der Waals surface area contributed by atoms with Crippen LogP contribution in [0, 0.1) is 12.0 Å². The number of nitrogens with zero attached hydrogens (tertiary/aromatic N) is 1. The van der Waals surface area contributed by atoms with Crippen molar-refractivity contribution >= 4 is 5.78 Å². The summed E-state index contributed by atoms with van der Waals surface area (Å²) in [6.45, 7) is 4.17. The van der Waals surface area contributed by atoms with Gasteiger partial charge in [-0.3, -0.25) is 4.79 Å². The molecule has 0 spiro atoms. The van der Waals surface area contributed by atoms with Crippen LogP contribution in [-0.4, -0.2) is 31.9 Å². The molecule has 0 saturated heterocycles. The first-order chi connectivity index (χ1) is 8.45. The van der Waals surface area contributed by atoms with Gasteiger partial charge in [0, 0.05) is 26.1 Å². The van der Waals surface area contributed by atoms with Gasteiger partial charge in [-0.25, -0.2) is 0 Å². The number of hydrogen-bond acceptors (Lipinski definition) is 3. The standard InChI is InChI=1S/C15H19NO2/c1-11(2)12-6-7-15(18-5)13(10-12)14(17)8-9-16(3)4/h6-7,10-11H,1-5H3. The molecule has 0 heterocycles. The second-order valence-electron chi connectivity index (χ2n) is 4.57. The van der Waals surface area contributed by atoms with Gasteiger partial charge in [-0.05, 0) is 23.6 Å². The van der Waals surface area contributed by atoms with E-state index in [-0.39, 0.29) is 5.78 Å². The van der Waals surface area contributed by atoms with Crippen molar-refractivity contribution in [2.45, 2.75) is 19.8 Å². The van der Waals surface area contributed by atoms with Crippen molar-refractivity contribution in [3.63, 3.8) is 0 Å². The molecule has 0 atom stereocenters. The molecule has 0 saturated carbocycles. The smallest absolute Gasteiger partial charge is 0.241 e. The maximum absolute atomic E-state index is 12.0. The Labute approximate surface area is 109 Å². The lowest BCUT2D eigenvalue weighted by Crippen LogP contribution is -2.05. The van der Waals surface area contributed by atoms with Gasteiger partial charge < -0.3 is 9.64 Å². The summed E-state index contributed by atoms with van der Waals surface area (Å²) >= 11 is 0. The average Bonchev–Trinajstić information content (AvgIpc) is 2.34. The lowest BCUT2D eigenvalue weighted by atomic mass is 9.98. The first kappa shape index (κ1) is 14.1. The Morgan fingerprint density at radius 3 is 2.50 bits per heavy atom. The number of rotatable bonds is 3. The zero-order valence-corrected chi connectivity index (χ0v) is 11.6. The van der Waals surface area contributed by atoms with Crippen molar-refractivity contribution in [3.05, 3.63) is 29.3 Å². The number of carbonyl (C=O) groups excluding carboxylic acids is 1. The molecule has 1 aromatic rings. The summed E-state index contributed by atoms with van der Waals surface area (Å²) in [7, 11) is 5.14. The third-order valence-electron chi connectivity index (χ3n) is 2.53. The van der Waals surface area contributed by atoms with E-state index in [0.29, 0.717) is 17.2 Å². The summed E-state index contributed by atoms with van der Waals surface area (Å²) in [5, 5.41) is 0. The Bertz CT molecular complexity index is 493. The monoisotopic (exact) mass is 245 g/mol. The highest BCUT2D eigenvalue weighted by atomic mass is 16.5. The number of ketones is 1. The highest BCUT2D eigenvalue weighted by Gasteiger charge is 2.12. The molecule has 1 aromatic carbocycles. The van der Waals surface area contributed by atoms with E-state index in [9.17, 15) is 4.79 Å². The summed E-state index contributed by atoms with van der Waals surface area (Å²) in [4.78, 5) is 13.7. The number of benzene rings is 1. The normalized spacial score (nSPS) is 9.67. The molecule has 0 aliphatic heterocycles. The number of ether oxygens (including phenoxy) is 1. The van der Waals surface area contributed by atoms with Gasteiger partial charge in [-0.2, -0.15) is 0 Å². The van der Waals surface area contributed by atoms with Gasteiger partial charge >= 0.3 is 0 Å². The van der Waals surface area contributed by atoms with Gasteiger partial charge in [-0.1, -0.05) is 19.9 Å². The van der Waals surface area contributed by atoms with Crippen molar-refractivity contribution in [3.8, 4) is 17.7 Å². The van der Waals surface area contributed by atoms with Crippen LogP contribution in [0.15, 0.2) is 18.2 Å². The number of Topliss-reactive ketones (excluding diaryl/α,β-unsaturated/α-hetero) is 1. The molecule has 96 valence electrons. The molecule has 0 fully saturated rings. The van der Waals surface area contributed by atoms with Gasteiger partial charge in [0.25, 0.3) is 0 Å². The molecule has 3 nitrogen and oxygen atoms in total. The quantitative estimate of drug-likeness (QED) is 0.465. The number of carbonyl (C=O) groups is 1. The Balaban J connectivity index is 3.17. The minimum Gasteiger partial charge on any atom is -0.496 e. The molecule has 0 bridgehead atoms. The Morgan fingerprint density at radius 1 is 1.33 bits per heavy atom. The van der Waals surface area contributed by atoms with E-state index in [1.54, 1.807) is 26.1 Å². The van der Waals surface area contributed by atoms with Crippen LogP contribution in [0.1, 0.15) is 35.7 Å². The molecule has 0 aliphatic carbocycles. The topological polar surface area (TPSA) is 29.5 Å². The summed E-state index contributed by atoms with van der Waals surface area (Å²) < 4.78 is 5.21. The summed E-state index contributed by atoms with van der Waals surface area (Å²) in [6, 6.07) is 8.37. The van der Waals surface area contributed by atoms with Crippen molar-refractivity contribution in [2.75, 3.05) is 21.2 Å². The molecule has 0 aromatic heterocycles. The van der Waals surface area contributed by atoms with E-state index in [0.717, 1.165) is 5.56 Å². The third-order valence-corrected chi connectivity index (χ3v) is 2.53. The van der Waals surface area contributed by atoms with Crippen molar-refractivity contribution < 1.29 is 9.53 Å². The summed E-state index contributed by atoms with van der Waals surface area (Å²) in [5.74, 6) is 3.31. The molecule has 18 heavy (non-hydrogen) atoms. The third kappa shape index (κ3) is 3.53. The van der Waals surface area contributed by atoms with Crippen molar-refractivity contribution in [1.29, 1.82) is 0 Å². The first-order valence-electron chi connectivity index (χ1n) is 5.87. The van der Waals surface area contributed by atoms with Crippen LogP contribution in [0.5, 0.6) is 5.75 Å². The largest absolute Gasteiger partial charge is 0.496 e.